The maximum atomic E-state index is 12.6. The van der Waals surface area contributed by atoms with E-state index in [4.69, 9.17) is 11.6 Å². The number of halogens is 4. The van der Waals surface area contributed by atoms with Crippen molar-refractivity contribution in [1.29, 1.82) is 0 Å². The average Bonchev–Trinajstić information content (AvgIpc) is 2.75. The molecular formula is C11H8ClF3N2S. The molecule has 2 rings (SSSR count). The molecule has 1 N–H and O–H groups in total. The number of thiazole rings is 1. The molecule has 1 aromatic heterocycles. The summed E-state index contributed by atoms with van der Waals surface area (Å²) in [5, 5.41) is 5.19. The Morgan fingerprint density at radius 1 is 1.28 bits per heavy atom. The Hall–Kier alpha value is -1.27. The predicted octanol–water partition coefficient (Wildman–Crippen LogP) is 4.52. The van der Waals surface area contributed by atoms with Crippen LogP contribution in [0.3, 0.4) is 0 Å². The van der Waals surface area contributed by atoms with Crippen LogP contribution < -0.4 is 5.32 Å². The van der Waals surface area contributed by atoms with E-state index in [9.17, 15) is 13.2 Å². The molecule has 1 aromatic carbocycles. The molecule has 96 valence electrons. The molecular weight excluding hydrogens is 285 g/mol. The minimum Gasteiger partial charge on any atom is -0.365 e. The first kappa shape index (κ1) is 13.2. The molecule has 2 nitrogen and oxygen atoms in total. The Balaban J connectivity index is 2.48. The number of alkyl halides is 3. The Morgan fingerprint density at radius 3 is 2.56 bits per heavy atom. The van der Waals surface area contributed by atoms with Crippen molar-refractivity contribution < 1.29 is 13.2 Å². The lowest BCUT2D eigenvalue weighted by molar-refractivity contribution is -0.137. The molecule has 0 aliphatic rings. The van der Waals surface area contributed by atoms with E-state index in [2.05, 4.69) is 10.3 Å². The molecule has 0 atom stereocenters. The fourth-order valence-corrected chi connectivity index (χ4v) is 2.34. The zero-order chi connectivity index (χ0) is 13.3. The summed E-state index contributed by atoms with van der Waals surface area (Å²) in [6, 6.07) is 3.40. The number of hydrogen-bond acceptors (Lipinski definition) is 3. The maximum absolute atomic E-state index is 12.6. The van der Waals surface area contributed by atoms with Gasteiger partial charge in [-0.3, -0.25) is 0 Å². The molecule has 0 spiro atoms. The zero-order valence-electron chi connectivity index (χ0n) is 9.18. The van der Waals surface area contributed by atoms with E-state index in [0.29, 0.717) is 16.4 Å². The van der Waals surface area contributed by atoms with Crippen LogP contribution in [0.5, 0.6) is 0 Å². The summed E-state index contributed by atoms with van der Waals surface area (Å²) in [6.45, 7) is 0. The first-order chi connectivity index (χ1) is 8.40. The number of nitrogens with zero attached hydrogens (tertiary/aromatic N) is 1. The van der Waals surface area contributed by atoms with Gasteiger partial charge in [0.2, 0.25) is 0 Å². The normalized spacial score (nSPS) is 11.6. The lowest BCUT2D eigenvalue weighted by atomic mass is 10.1. The first-order valence-corrected chi connectivity index (χ1v) is 6.17. The standard InChI is InChI=1S/C11H8ClF3N2S/c1-16-10-17-9(5-18-10)6-2-7(11(13,14)15)4-8(12)3-6/h2-5H,1H3,(H,16,17). The van der Waals surface area contributed by atoms with E-state index in [0.717, 1.165) is 12.1 Å². The van der Waals surface area contributed by atoms with Gasteiger partial charge in [-0.15, -0.1) is 11.3 Å². The molecule has 0 bridgehead atoms. The van der Waals surface area contributed by atoms with Crippen LogP contribution in [-0.2, 0) is 6.18 Å². The van der Waals surface area contributed by atoms with Crippen LogP contribution in [0.4, 0.5) is 18.3 Å². The smallest absolute Gasteiger partial charge is 0.365 e. The molecule has 0 aliphatic heterocycles. The minimum absolute atomic E-state index is 0.0406. The highest BCUT2D eigenvalue weighted by atomic mass is 35.5. The first-order valence-electron chi connectivity index (χ1n) is 4.91. The summed E-state index contributed by atoms with van der Waals surface area (Å²) in [4.78, 5) is 4.14. The highest BCUT2D eigenvalue weighted by molar-refractivity contribution is 7.14. The van der Waals surface area contributed by atoms with Gasteiger partial charge in [-0.05, 0) is 18.2 Å². The second-order valence-electron chi connectivity index (χ2n) is 3.51. The van der Waals surface area contributed by atoms with E-state index >= 15 is 0 Å². The summed E-state index contributed by atoms with van der Waals surface area (Å²) in [6.07, 6.45) is -4.42. The van der Waals surface area contributed by atoms with Crippen molar-refractivity contribution in [3.05, 3.63) is 34.2 Å². The van der Waals surface area contributed by atoms with Crippen molar-refractivity contribution in [2.24, 2.45) is 0 Å². The summed E-state index contributed by atoms with van der Waals surface area (Å²) >= 11 is 7.02. The molecule has 0 aliphatic carbocycles. The van der Waals surface area contributed by atoms with Crippen molar-refractivity contribution in [3.63, 3.8) is 0 Å². The predicted molar refractivity (Wildman–Crippen MR) is 67.1 cm³/mol. The van der Waals surface area contributed by atoms with Gasteiger partial charge < -0.3 is 5.32 Å². The van der Waals surface area contributed by atoms with Crippen LogP contribution in [0.2, 0.25) is 5.02 Å². The number of aromatic nitrogens is 1. The SMILES string of the molecule is CNc1nc(-c2cc(Cl)cc(C(F)(F)F)c2)cs1. The molecule has 0 unspecified atom stereocenters. The van der Waals surface area contributed by atoms with Crippen LogP contribution in [0.1, 0.15) is 5.56 Å². The summed E-state index contributed by atoms with van der Waals surface area (Å²) in [5.74, 6) is 0. The number of benzene rings is 1. The third-order valence-electron chi connectivity index (χ3n) is 2.24. The Kier molecular flexibility index (Phi) is 3.49. The largest absolute Gasteiger partial charge is 0.416 e. The minimum atomic E-state index is -4.42. The molecule has 0 fully saturated rings. The number of hydrogen-bond donors (Lipinski definition) is 1. The van der Waals surface area contributed by atoms with Gasteiger partial charge >= 0.3 is 6.18 Å². The van der Waals surface area contributed by atoms with Crippen LogP contribution in [-0.4, -0.2) is 12.0 Å². The van der Waals surface area contributed by atoms with Gasteiger partial charge in [-0.1, -0.05) is 11.6 Å². The van der Waals surface area contributed by atoms with E-state index in [1.165, 1.54) is 17.4 Å². The zero-order valence-corrected chi connectivity index (χ0v) is 10.7. The van der Waals surface area contributed by atoms with Crippen LogP contribution in [0, 0.1) is 0 Å². The molecule has 2 aromatic rings. The van der Waals surface area contributed by atoms with Gasteiger partial charge in [0, 0.05) is 23.0 Å². The number of rotatable bonds is 2. The second-order valence-corrected chi connectivity index (χ2v) is 4.81. The molecule has 0 saturated carbocycles. The van der Waals surface area contributed by atoms with Gasteiger partial charge in [-0.25, -0.2) is 4.98 Å². The van der Waals surface area contributed by atoms with Crippen molar-refractivity contribution in [3.8, 4) is 11.3 Å². The molecule has 0 radical (unpaired) electrons. The van der Waals surface area contributed by atoms with Crippen LogP contribution in [0.25, 0.3) is 11.3 Å². The Bertz CT molecular complexity index is 566. The molecule has 0 saturated heterocycles. The number of anilines is 1. The fourth-order valence-electron chi connectivity index (χ4n) is 1.42. The molecule has 1 heterocycles. The van der Waals surface area contributed by atoms with Gasteiger partial charge in [0.1, 0.15) is 0 Å². The van der Waals surface area contributed by atoms with Gasteiger partial charge in [0.15, 0.2) is 5.13 Å². The van der Waals surface area contributed by atoms with Crippen molar-refractivity contribution >= 4 is 28.1 Å². The van der Waals surface area contributed by atoms with E-state index in [1.807, 2.05) is 0 Å². The van der Waals surface area contributed by atoms with Crippen molar-refractivity contribution in [2.75, 3.05) is 12.4 Å². The highest BCUT2D eigenvalue weighted by Crippen LogP contribution is 2.35. The third-order valence-corrected chi connectivity index (χ3v) is 3.32. The molecule has 18 heavy (non-hydrogen) atoms. The maximum Gasteiger partial charge on any atom is 0.416 e. The van der Waals surface area contributed by atoms with E-state index in [-0.39, 0.29) is 5.02 Å². The molecule has 7 heteroatoms. The number of nitrogens with one attached hydrogen (secondary N) is 1. The third kappa shape index (κ3) is 2.76. The average molecular weight is 293 g/mol. The Labute approximate surface area is 110 Å². The van der Waals surface area contributed by atoms with Crippen LogP contribution >= 0.6 is 22.9 Å². The highest BCUT2D eigenvalue weighted by Gasteiger charge is 2.31. The second kappa shape index (κ2) is 4.78. The fraction of sp³-hybridized carbons (Fsp3) is 0.182. The van der Waals surface area contributed by atoms with Gasteiger partial charge in [-0.2, -0.15) is 13.2 Å². The van der Waals surface area contributed by atoms with Gasteiger partial charge in [0.25, 0.3) is 0 Å². The van der Waals surface area contributed by atoms with Crippen molar-refractivity contribution in [2.45, 2.75) is 6.18 Å². The lowest BCUT2D eigenvalue weighted by Crippen LogP contribution is -2.04. The lowest BCUT2D eigenvalue weighted by Gasteiger charge is -2.08. The summed E-state index contributed by atoms with van der Waals surface area (Å²) < 4.78 is 37.9. The summed E-state index contributed by atoms with van der Waals surface area (Å²) in [5.41, 5.74) is 0.0499. The van der Waals surface area contributed by atoms with E-state index < -0.39 is 11.7 Å². The van der Waals surface area contributed by atoms with Gasteiger partial charge in [0.05, 0.1) is 11.3 Å². The summed E-state index contributed by atoms with van der Waals surface area (Å²) in [7, 11) is 1.70. The quantitative estimate of drug-likeness (QED) is 0.880. The van der Waals surface area contributed by atoms with E-state index in [1.54, 1.807) is 12.4 Å². The monoisotopic (exact) mass is 292 g/mol. The topological polar surface area (TPSA) is 24.9 Å². The Morgan fingerprint density at radius 2 is 2.00 bits per heavy atom. The van der Waals surface area contributed by atoms with Crippen LogP contribution in [0.15, 0.2) is 23.6 Å². The van der Waals surface area contributed by atoms with Crippen molar-refractivity contribution in [1.82, 2.24) is 4.98 Å². The molecule has 0 amide bonds.